The van der Waals surface area contributed by atoms with E-state index < -0.39 is 0 Å². The smallest absolute Gasteiger partial charge is 0.0175 e. The first kappa shape index (κ1) is 15.8. The molecule has 0 aliphatic rings. The Balaban J connectivity index is 2.02. The summed E-state index contributed by atoms with van der Waals surface area (Å²) in [5, 5.41) is 2.22. The lowest BCUT2D eigenvalue weighted by Crippen LogP contribution is -1.80. The van der Waals surface area contributed by atoms with Gasteiger partial charge < -0.3 is 0 Å². The van der Waals surface area contributed by atoms with Crippen LogP contribution < -0.4 is 0 Å². The molecule has 0 heterocycles. The van der Waals surface area contributed by atoms with Crippen LogP contribution in [0.1, 0.15) is 51.0 Å². The van der Waals surface area contributed by atoms with E-state index in [1.54, 1.807) is 0 Å². The second-order valence-corrected chi connectivity index (χ2v) is 6.42. The second kappa shape index (κ2) is 10.7. The van der Waals surface area contributed by atoms with E-state index in [1.807, 2.05) is 11.8 Å². The molecule has 1 rings (SSSR count). The van der Waals surface area contributed by atoms with Crippen LogP contribution in [0.15, 0.2) is 34.1 Å². The molecule has 18 heavy (non-hydrogen) atoms. The Morgan fingerprint density at radius 1 is 1.00 bits per heavy atom. The highest BCUT2D eigenvalue weighted by Crippen LogP contribution is 2.15. The van der Waals surface area contributed by atoms with Crippen molar-refractivity contribution in [3.63, 3.8) is 0 Å². The molecule has 0 N–H and O–H groups in total. The molecule has 100 valence electrons. The lowest BCUT2D eigenvalue weighted by Gasteiger charge is -1.99. The van der Waals surface area contributed by atoms with E-state index in [0.717, 1.165) is 4.47 Å². The number of hydrogen-bond donors (Lipinski definition) is 0. The zero-order chi connectivity index (χ0) is 13.1. The molecule has 0 aliphatic heterocycles. The third-order valence-electron chi connectivity index (χ3n) is 2.84. The largest absolute Gasteiger partial charge is 0.134 e. The average molecular weight is 327 g/mol. The van der Waals surface area contributed by atoms with Crippen LogP contribution in [0.25, 0.3) is 6.08 Å². The van der Waals surface area contributed by atoms with Crippen LogP contribution in [0, 0.1) is 0 Å². The maximum atomic E-state index is 3.44. The molecule has 2 heteroatoms. The number of unbranched alkanes of at least 4 members (excludes halogenated alkanes) is 5. The Labute approximate surface area is 124 Å². The van der Waals surface area contributed by atoms with Gasteiger partial charge >= 0.3 is 0 Å². The van der Waals surface area contributed by atoms with Crippen molar-refractivity contribution in [2.45, 2.75) is 45.4 Å². The summed E-state index contributed by atoms with van der Waals surface area (Å²) >= 11 is 5.37. The third-order valence-corrected chi connectivity index (χ3v) is 4.22. The van der Waals surface area contributed by atoms with Crippen LogP contribution >= 0.6 is 27.7 Å². The van der Waals surface area contributed by atoms with Crippen molar-refractivity contribution in [2.24, 2.45) is 0 Å². The first-order valence-electron chi connectivity index (χ1n) is 6.86. The molecular weight excluding hydrogens is 304 g/mol. The molecular formula is C16H23BrS. The van der Waals surface area contributed by atoms with E-state index in [-0.39, 0.29) is 0 Å². The summed E-state index contributed by atoms with van der Waals surface area (Å²) in [6, 6.07) is 8.42. The van der Waals surface area contributed by atoms with E-state index >= 15 is 0 Å². The van der Waals surface area contributed by atoms with Gasteiger partial charge in [0.15, 0.2) is 0 Å². The molecule has 0 atom stereocenters. The molecule has 0 aromatic heterocycles. The van der Waals surface area contributed by atoms with Crippen LogP contribution in [-0.4, -0.2) is 5.75 Å². The van der Waals surface area contributed by atoms with E-state index in [1.165, 1.54) is 49.8 Å². The van der Waals surface area contributed by atoms with Crippen LogP contribution in [0.4, 0.5) is 0 Å². The number of halogens is 1. The minimum Gasteiger partial charge on any atom is -0.134 e. The van der Waals surface area contributed by atoms with E-state index in [0.29, 0.717) is 0 Å². The van der Waals surface area contributed by atoms with E-state index in [2.05, 4.69) is 58.6 Å². The van der Waals surface area contributed by atoms with Gasteiger partial charge in [0.25, 0.3) is 0 Å². The molecule has 0 radical (unpaired) electrons. The number of thioether (sulfide) groups is 1. The highest BCUT2D eigenvalue weighted by atomic mass is 79.9. The Bertz CT molecular complexity index is 329. The Morgan fingerprint density at radius 2 is 1.67 bits per heavy atom. The molecule has 0 bridgehead atoms. The average Bonchev–Trinajstić information content (AvgIpc) is 2.39. The number of benzene rings is 1. The van der Waals surface area contributed by atoms with E-state index in [9.17, 15) is 0 Å². The van der Waals surface area contributed by atoms with Crippen LogP contribution in [0.2, 0.25) is 0 Å². The van der Waals surface area contributed by atoms with Crippen LogP contribution in [-0.2, 0) is 0 Å². The zero-order valence-electron chi connectivity index (χ0n) is 11.2. The summed E-state index contributed by atoms with van der Waals surface area (Å²) in [7, 11) is 0. The predicted molar refractivity (Wildman–Crippen MR) is 89.0 cm³/mol. The summed E-state index contributed by atoms with van der Waals surface area (Å²) in [6.07, 6.45) is 10.5. The van der Waals surface area contributed by atoms with Crippen molar-refractivity contribution in [2.75, 3.05) is 5.75 Å². The summed E-state index contributed by atoms with van der Waals surface area (Å²) in [5.74, 6) is 1.25. The summed E-state index contributed by atoms with van der Waals surface area (Å²) in [6.45, 7) is 2.27. The monoisotopic (exact) mass is 326 g/mol. The quantitative estimate of drug-likeness (QED) is 0.466. The number of rotatable bonds is 9. The van der Waals surface area contributed by atoms with Gasteiger partial charge in [0.05, 0.1) is 0 Å². The van der Waals surface area contributed by atoms with Gasteiger partial charge in [0.2, 0.25) is 0 Å². The standard InChI is InChI=1S/C16H23BrS/c1-2-3-4-5-6-7-13-18-14-12-15-8-10-16(17)11-9-15/h8-12,14H,2-7,13H2,1H3/b14-12-. The molecule has 0 saturated carbocycles. The highest BCUT2D eigenvalue weighted by Gasteiger charge is 1.90. The fourth-order valence-electron chi connectivity index (χ4n) is 1.73. The van der Waals surface area contributed by atoms with Gasteiger partial charge in [0, 0.05) is 4.47 Å². The summed E-state index contributed by atoms with van der Waals surface area (Å²) in [5.41, 5.74) is 1.27. The van der Waals surface area contributed by atoms with Crippen LogP contribution in [0.3, 0.4) is 0 Å². The molecule has 1 aromatic carbocycles. The molecule has 0 unspecified atom stereocenters. The normalized spacial score (nSPS) is 11.2. The van der Waals surface area contributed by atoms with Gasteiger partial charge in [-0.1, -0.05) is 67.1 Å². The van der Waals surface area contributed by atoms with Gasteiger partial charge in [-0.25, -0.2) is 0 Å². The second-order valence-electron chi connectivity index (χ2n) is 4.49. The van der Waals surface area contributed by atoms with Crippen molar-refractivity contribution in [3.05, 3.63) is 39.7 Å². The fraction of sp³-hybridized carbons (Fsp3) is 0.500. The van der Waals surface area contributed by atoms with Crippen LogP contribution in [0.5, 0.6) is 0 Å². The van der Waals surface area contributed by atoms with E-state index in [4.69, 9.17) is 0 Å². The van der Waals surface area contributed by atoms with Gasteiger partial charge in [-0.05, 0) is 41.4 Å². The lowest BCUT2D eigenvalue weighted by atomic mass is 10.1. The molecule has 0 nitrogen and oxygen atoms in total. The topological polar surface area (TPSA) is 0 Å². The van der Waals surface area contributed by atoms with Crippen molar-refractivity contribution in [3.8, 4) is 0 Å². The predicted octanol–water partition coefficient (Wildman–Crippen LogP) is 6.51. The highest BCUT2D eigenvalue weighted by molar-refractivity contribution is 9.10. The summed E-state index contributed by atoms with van der Waals surface area (Å²) < 4.78 is 1.14. The molecule has 0 saturated heterocycles. The Kier molecular flexibility index (Phi) is 9.41. The summed E-state index contributed by atoms with van der Waals surface area (Å²) in [4.78, 5) is 0. The van der Waals surface area contributed by atoms with Gasteiger partial charge in [0.1, 0.15) is 0 Å². The van der Waals surface area contributed by atoms with Crippen molar-refractivity contribution < 1.29 is 0 Å². The van der Waals surface area contributed by atoms with Gasteiger partial charge in [-0.3, -0.25) is 0 Å². The maximum Gasteiger partial charge on any atom is 0.0175 e. The fourth-order valence-corrected chi connectivity index (χ4v) is 2.76. The number of hydrogen-bond acceptors (Lipinski definition) is 1. The van der Waals surface area contributed by atoms with Crippen molar-refractivity contribution in [1.82, 2.24) is 0 Å². The van der Waals surface area contributed by atoms with Gasteiger partial charge in [-0.15, -0.1) is 11.8 Å². The minimum absolute atomic E-state index is 1.14. The Hall–Kier alpha value is -0.210. The van der Waals surface area contributed by atoms with Crippen molar-refractivity contribution in [1.29, 1.82) is 0 Å². The maximum absolute atomic E-state index is 3.44. The minimum atomic E-state index is 1.14. The molecule has 0 amide bonds. The first-order chi connectivity index (χ1) is 8.83. The molecule has 0 aliphatic carbocycles. The SMILES string of the molecule is CCCCCCCCS/C=C\c1ccc(Br)cc1. The first-order valence-corrected chi connectivity index (χ1v) is 8.71. The molecule has 0 fully saturated rings. The molecule has 1 aromatic rings. The lowest BCUT2D eigenvalue weighted by molar-refractivity contribution is 0.627. The third kappa shape index (κ3) is 7.99. The Morgan fingerprint density at radius 3 is 2.39 bits per heavy atom. The van der Waals surface area contributed by atoms with Gasteiger partial charge in [-0.2, -0.15) is 0 Å². The zero-order valence-corrected chi connectivity index (χ0v) is 13.6. The van der Waals surface area contributed by atoms with Crippen molar-refractivity contribution >= 4 is 33.8 Å². The molecule has 0 spiro atoms.